The van der Waals surface area contributed by atoms with Crippen molar-refractivity contribution in [1.29, 1.82) is 0 Å². The van der Waals surface area contributed by atoms with Crippen LogP contribution in [0.1, 0.15) is 38.5 Å². The van der Waals surface area contributed by atoms with E-state index in [9.17, 15) is 48.9 Å². The molecule has 4 aliphatic rings. The summed E-state index contributed by atoms with van der Waals surface area (Å²) in [5, 5.41) is 0. The van der Waals surface area contributed by atoms with Crippen LogP contribution >= 0.6 is 0 Å². The van der Waals surface area contributed by atoms with Gasteiger partial charge in [0.25, 0.3) is 0 Å². The minimum atomic E-state index is -6.47. The van der Waals surface area contributed by atoms with E-state index in [2.05, 4.69) is 4.74 Å². The summed E-state index contributed by atoms with van der Waals surface area (Å²) in [6.45, 7) is -1.58. The van der Waals surface area contributed by atoms with Gasteiger partial charge in [-0.3, -0.25) is 4.79 Å². The van der Waals surface area contributed by atoms with Crippen molar-refractivity contribution in [2.24, 2.45) is 23.2 Å². The summed E-state index contributed by atoms with van der Waals surface area (Å²) in [4.78, 5) is 24.3. The molecule has 4 fully saturated rings. The van der Waals surface area contributed by atoms with Gasteiger partial charge in [0.2, 0.25) is 0 Å². The Kier molecular flexibility index (Phi) is 5.82. The first kappa shape index (κ1) is 24.1. The Labute approximate surface area is 173 Å². The highest BCUT2D eigenvalue weighted by Gasteiger charge is 2.75. The maximum Gasteiger partial charge on any atom is 0.438 e. The average Bonchev–Trinajstić information content (AvgIpc) is 2.54. The molecule has 0 aromatic carbocycles. The Morgan fingerprint density at radius 2 is 1.32 bits per heavy atom. The van der Waals surface area contributed by atoms with Gasteiger partial charge in [0.15, 0.2) is 6.61 Å². The molecule has 0 N–H and O–H groups in total. The van der Waals surface area contributed by atoms with Crippen molar-refractivity contribution in [2.45, 2.75) is 56.5 Å². The summed E-state index contributed by atoms with van der Waals surface area (Å²) in [5.74, 6) is -5.44. The molecule has 0 atom stereocenters. The number of rotatable bonds is 6. The summed E-state index contributed by atoms with van der Waals surface area (Å²) in [7, 11) is -6.13. The molecule has 14 heteroatoms. The molecule has 0 radical (unpaired) electrons. The van der Waals surface area contributed by atoms with Gasteiger partial charge in [0, 0.05) is 0 Å². The summed E-state index contributed by atoms with van der Waals surface area (Å²) < 4.78 is 119. The lowest BCUT2D eigenvalue weighted by Crippen LogP contribution is -2.63. The molecule has 31 heavy (non-hydrogen) atoms. The number of alkyl halides is 6. The first-order valence-electron chi connectivity index (χ1n) is 9.42. The summed E-state index contributed by atoms with van der Waals surface area (Å²) in [6.07, 6.45) is -8.71. The van der Waals surface area contributed by atoms with E-state index in [1.165, 1.54) is 0 Å². The van der Waals surface area contributed by atoms with Crippen LogP contribution in [0, 0.1) is 23.2 Å². The van der Waals surface area contributed by atoms with E-state index in [1.54, 1.807) is 0 Å². The maximum absolute atomic E-state index is 13.2. The first-order chi connectivity index (χ1) is 14.0. The predicted octanol–water partition coefficient (Wildman–Crippen LogP) is 2.70. The SMILES string of the molecule is O=C(COC(=O)C12CC3CC(CC(C3)C1)C2)OC(CS(=O)(=O)[O-])(C(F)(F)F)C(F)(F)F. The van der Waals surface area contributed by atoms with E-state index < -0.39 is 57.8 Å². The topological polar surface area (TPSA) is 110 Å². The van der Waals surface area contributed by atoms with Crippen molar-refractivity contribution in [2.75, 3.05) is 12.4 Å². The lowest BCUT2D eigenvalue weighted by molar-refractivity contribution is -0.361. The second kappa shape index (κ2) is 7.49. The molecule has 7 nitrogen and oxygen atoms in total. The van der Waals surface area contributed by atoms with Crippen molar-refractivity contribution in [3.05, 3.63) is 0 Å². The number of ether oxygens (including phenoxy) is 2. The molecule has 178 valence electrons. The molecule has 4 bridgehead atoms. The van der Waals surface area contributed by atoms with Crippen LogP contribution in [-0.4, -0.2) is 55.2 Å². The van der Waals surface area contributed by atoms with Crippen LogP contribution in [0.3, 0.4) is 0 Å². The number of hydrogen-bond acceptors (Lipinski definition) is 7. The van der Waals surface area contributed by atoms with Crippen LogP contribution < -0.4 is 0 Å². The second-order valence-electron chi connectivity index (χ2n) is 8.77. The molecule has 4 aliphatic carbocycles. The lowest BCUT2D eigenvalue weighted by atomic mass is 9.49. The number of esters is 2. The van der Waals surface area contributed by atoms with Crippen molar-refractivity contribution < 1.29 is 58.4 Å². The van der Waals surface area contributed by atoms with Gasteiger partial charge in [0.05, 0.1) is 21.3 Å². The van der Waals surface area contributed by atoms with Gasteiger partial charge in [-0.15, -0.1) is 0 Å². The molecule has 4 rings (SSSR count). The third kappa shape index (κ3) is 4.64. The van der Waals surface area contributed by atoms with Crippen LogP contribution in [0.5, 0.6) is 0 Å². The predicted molar refractivity (Wildman–Crippen MR) is 87.1 cm³/mol. The fourth-order valence-corrected chi connectivity index (χ4v) is 6.46. The number of hydrogen-bond donors (Lipinski definition) is 0. The zero-order valence-corrected chi connectivity index (χ0v) is 16.7. The standard InChI is InChI=1S/C17H20F6O7S/c18-16(19,20)15(17(21,22)23,8-31(26,27)28)30-12(24)7-29-13(25)14-4-9-1-10(5-14)3-11(2-9)6-14/h9-11H,1-8H2,(H,26,27,28)/p-1. The Morgan fingerprint density at radius 1 is 0.903 bits per heavy atom. The van der Waals surface area contributed by atoms with E-state index >= 15 is 0 Å². The Balaban J connectivity index is 1.72. The zero-order valence-electron chi connectivity index (χ0n) is 15.9. The molecular formula is C17H19F6O7S-. The molecule has 0 saturated heterocycles. The molecule has 0 aliphatic heterocycles. The van der Waals surface area contributed by atoms with Crippen LogP contribution in [0.15, 0.2) is 0 Å². The first-order valence-corrected chi connectivity index (χ1v) is 11.0. The molecule has 0 aromatic rings. The third-order valence-electron chi connectivity index (χ3n) is 6.38. The van der Waals surface area contributed by atoms with Crippen molar-refractivity contribution in [3.8, 4) is 0 Å². The summed E-state index contributed by atoms with van der Waals surface area (Å²) in [5.41, 5.74) is -6.51. The van der Waals surface area contributed by atoms with Gasteiger partial charge < -0.3 is 14.0 Å². The normalized spacial score (nSPS) is 30.9. The largest absolute Gasteiger partial charge is 0.748 e. The summed E-state index contributed by atoms with van der Waals surface area (Å²) in [6, 6.07) is 0. The quantitative estimate of drug-likeness (QED) is 0.326. The van der Waals surface area contributed by atoms with Gasteiger partial charge in [0.1, 0.15) is 0 Å². The van der Waals surface area contributed by atoms with E-state index in [4.69, 9.17) is 4.74 Å². The van der Waals surface area contributed by atoms with E-state index in [-0.39, 0.29) is 17.8 Å². The second-order valence-corrected chi connectivity index (χ2v) is 10.2. The van der Waals surface area contributed by atoms with E-state index in [0.29, 0.717) is 19.3 Å². The molecule has 4 saturated carbocycles. The fraction of sp³-hybridized carbons (Fsp3) is 0.882. The molecule has 0 aromatic heterocycles. The Hall–Kier alpha value is -1.57. The molecule has 0 heterocycles. The molecular weight excluding hydrogens is 462 g/mol. The average molecular weight is 481 g/mol. The van der Waals surface area contributed by atoms with Crippen molar-refractivity contribution in [3.63, 3.8) is 0 Å². The number of halogens is 6. The van der Waals surface area contributed by atoms with Crippen molar-refractivity contribution >= 4 is 22.1 Å². The third-order valence-corrected chi connectivity index (χ3v) is 7.14. The smallest absolute Gasteiger partial charge is 0.438 e. The van der Waals surface area contributed by atoms with Gasteiger partial charge >= 0.3 is 29.9 Å². The fourth-order valence-electron chi connectivity index (χ4n) is 5.58. The van der Waals surface area contributed by atoms with Crippen LogP contribution in [0.25, 0.3) is 0 Å². The van der Waals surface area contributed by atoms with Gasteiger partial charge in [-0.1, -0.05) is 0 Å². The van der Waals surface area contributed by atoms with Crippen LogP contribution in [0.4, 0.5) is 26.3 Å². The molecule has 0 amide bonds. The van der Waals surface area contributed by atoms with E-state index in [0.717, 1.165) is 19.3 Å². The number of carbonyl (C=O) groups is 2. The van der Waals surface area contributed by atoms with Gasteiger partial charge in [-0.25, -0.2) is 13.2 Å². The van der Waals surface area contributed by atoms with E-state index in [1.807, 2.05) is 0 Å². The highest BCUT2D eigenvalue weighted by molar-refractivity contribution is 7.85. The monoisotopic (exact) mass is 481 g/mol. The molecule has 0 spiro atoms. The minimum absolute atomic E-state index is 0.274. The van der Waals surface area contributed by atoms with Gasteiger partial charge in [-0.05, 0) is 56.3 Å². The number of carbonyl (C=O) groups excluding carboxylic acids is 2. The Morgan fingerprint density at radius 3 is 1.68 bits per heavy atom. The van der Waals surface area contributed by atoms with Gasteiger partial charge in [-0.2, -0.15) is 26.3 Å². The highest BCUT2D eigenvalue weighted by Crippen LogP contribution is 2.60. The van der Waals surface area contributed by atoms with Crippen LogP contribution in [0.2, 0.25) is 0 Å². The molecule has 0 unspecified atom stereocenters. The maximum atomic E-state index is 13.2. The van der Waals surface area contributed by atoms with Crippen LogP contribution in [-0.2, 0) is 29.2 Å². The lowest BCUT2D eigenvalue weighted by Gasteiger charge is -2.55. The van der Waals surface area contributed by atoms with Crippen molar-refractivity contribution in [1.82, 2.24) is 0 Å². The highest BCUT2D eigenvalue weighted by atomic mass is 32.2. The zero-order chi connectivity index (χ0) is 23.5. The summed E-state index contributed by atoms with van der Waals surface area (Å²) >= 11 is 0. The Bertz CT molecular complexity index is 799. The minimum Gasteiger partial charge on any atom is -0.748 e.